The molecule has 1 aliphatic heterocycles. The molecule has 1 rings (SSSR count). The average Bonchev–Trinajstić information content (AvgIpc) is 2.75. The monoisotopic (exact) mass is 436 g/mol. The molecule has 0 atom stereocenters. The van der Waals surface area contributed by atoms with Gasteiger partial charge in [0.05, 0.1) is 92.0 Å². The molecule has 0 unspecified atom stereocenters. The lowest BCUT2D eigenvalue weighted by Crippen LogP contribution is -2.33. The minimum atomic E-state index is 0.386. The van der Waals surface area contributed by atoms with E-state index in [1.54, 1.807) is 0 Å². The highest BCUT2D eigenvalue weighted by molar-refractivity contribution is 4.67. The van der Waals surface area contributed by atoms with E-state index in [1.165, 1.54) is 0 Å². The Bertz CT molecular complexity index is 345. The van der Waals surface area contributed by atoms with Gasteiger partial charge in [0.2, 0.25) is 0 Å². The highest BCUT2D eigenvalue weighted by atomic mass is 16.6. The molecule has 9 nitrogen and oxygen atoms in total. The first-order valence-electron chi connectivity index (χ1n) is 11.2. The first-order chi connectivity index (χ1) is 14.8. The van der Waals surface area contributed by atoms with Gasteiger partial charge in [-0.3, -0.25) is 0 Å². The van der Waals surface area contributed by atoms with E-state index in [1.807, 2.05) is 14.1 Å². The molecule has 0 aromatic rings. The number of ether oxygens (including phenoxy) is 7. The second kappa shape index (κ2) is 21.9. The minimum absolute atomic E-state index is 0.386. The average molecular weight is 437 g/mol. The van der Waals surface area contributed by atoms with Crippen LogP contribution in [0.3, 0.4) is 0 Å². The maximum absolute atomic E-state index is 5.77. The zero-order chi connectivity index (χ0) is 21.5. The van der Waals surface area contributed by atoms with Crippen LogP contribution in [0.4, 0.5) is 0 Å². The van der Waals surface area contributed by atoms with Crippen molar-refractivity contribution in [3.8, 4) is 0 Å². The van der Waals surface area contributed by atoms with Gasteiger partial charge in [-0.25, -0.2) is 0 Å². The summed E-state index contributed by atoms with van der Waals surface area (Å²) in [7, 11) is 4.05. The molecule has 1 heterocycles. The van der Waals surface area contributed by atoms with Gasteiger partial charge in [0.15, 0.2) is 0 Å². The first kappa shape index (κ1) is 27.7. The van der Waals surface area contributed by atoms with Crippen molar-refractivity contribution in [3.63, 3.8) is 0 Å². The van der Waals surface area contributed by atoms with Gasteiger partial charge in [-0.05, 0) is 40.0 Å². The highest BCUT2D eigenvalue weighted by Gasteiger charge is 2.12. The van der Waals surface area contributed by atoms with E-state index in [-0.39, 0.29) is 0 Å². The van der Waals surface area contributed by atoms with E-state index < -0.39 is 0 Å². The van der Waals surface area contributed by atoms with Gasteiger partial charge >= 0.3 is 0 Å². The van der Waals surface area contributed by atoms with Crippen LogP contribution in [0.25, 0.3) is 0 Å². The fourth-order valence-electron chi connectivity index (χ4n) is 2.68. The smallest absolute Gasteiger partial charge is 0.0704 e. The maximum Gasteiger partial charge on any atom is 0.0704 e. The molecule has 30 heavy (non-hydrogen) atoms. The van der Waals surface area contributed by atoms with Crippen molar-refractivity contribution >= 4 is 0 Å². The molecule has 0 bridgehead atoms. The van der Waals surface area contributed by atoms with Crippen molar-refractivity contribution in [3.05, 3.63) is 0 Å². The Morgan fingerprint density at radius 3 is 1.33 bits per heavy atom. The Kier molecular flexibility index (Phi) is 20.2. The predicted molar refractivity (Wildman–Crippen MR) is 115 cm³/mol. The molecule has 0 spiro atoms. The first-order valence-corrected chi connectivity index (χ1v) is 11.2. The van der Waals surface area contributed by atoms with Crippen LogP contribution in [0.2, 0.25) is 0 Å². The summed E-state index contributed by atoms with van der Waals surface area (Å²) in [6.07, 6.45) is 2.57. The molecule has 0 radical (unpaired) electrons. The summed E-state index contributed by atoms with van der Waals surface area (Å²) >= 11 is 0. The predicted octanol–water partition coefficient (Wildman–Crippen LogP) is 0.416. The third-order valence-electron chi connectivity index (χ3n) is 4.41. The Hall–Kier alpha value is -0.360. The maximum atomic E-state index is 5.77. The third-order valence-corrected chi connectivity index (χ3v) is 4.41. The second-order valence-electron chi connectivity index (χ2n) is 7.30. The standard InChI is InChI=1S/C21H44N2O7/c1-23(2)7-8-24-9-10-25-11-12-26-13-14-27-15-16-28-17-18-29-19-20-30-21-3-5-22-6-4-21/h21-22H,3-20H2,1-2H3. The number of likely N-dealkylation sites (N-methyl/N-ethyl adjacent to an activating group) is 1. The SMILES string of the molecule is CN(C)CCOCCOCCOCCOCCOCCOCCOC1CCNCC1. The number of nitrogens with zero attached hydrogens (tertiary/aromatic N) is 1. The molecule has 9 heteroatoms. The quantitative estimate of drug-likeness (QED) is 0.243. The molecule has 1 aliphatic rings. The molecule has 180 valence electrons. The topological polar surface area (TPSA) is 79.9 Å². The fourth-order valence-corrected chi connectivity index (χ4v) is 2.68. The van der Waals surface area contributed by atoms with E-state index in [2.05, 4.69) is 10.2 Å². The molecule has 1 N–H and O–H groups in total. The van der Waals surface area contributed by atoms with E-state index in [4.69, 9.17) is 33.2 Å². The molecular weight excluding hydrogens is 392 g/mol. The summed E-state index contributed by atoms with van der Waals surface area (Å²) in [5.74, 6) is 0. The largest absolute Gasteiger partial charge is 0.378 e. The van der Waals surface area contributed by atoms with Crippen molar-refractivity contribution in [2.24, 2.45) is 0 Å². The summed E-state index contributed by atoms with van der Waals surface area (Å²) in [5.41, 5.74) is 0. The normalized spacial score (nSPS) is 15.3. The Balaban J connectivity index is 1.64. The summed E-state index contributed by atoms with van der Waals surface area (Å²) in [6.45, 7) is 10.8. The number of hydrogen-bond donors (Lipinski definition) is 1. The van der Waals surface area contributed by atoms with Crippen molar-refractivity contribution in [2.75, 3.05) is 120 Å². The lowest BCUT2D eigenvalue weighted by atomic mass is 10.1. The zero-order valence-electron chi connectivity index (χ0n) is 19.1. The van der Waals surface area contributed by atoms with E-state index in [9.17, 15) is 0 Å². The summed E-state index contributed by atoms with van der Waals surface area (Å²) < 4.78 is 38.5. The van der Waals surface area contributed by atoms with Crippen LogP contribution in [0.5, 0.6) is 0 Å². The minimum Gasteiger partial charge on any atom is -0.378 e. The summed E-state index contributed by atoms with van der Waals surface area (Å²) in [6, 6.07) is 0. The molecule has 0 aromatic carbocycles. The van der Waals surface area contributed by atoms with E-state index in [0.717, 1.165) is 39.1 Å². The lowest BCUT2D eigenvalue weighted by Gasteiger charge is -2.22. The molecule has 1 fully saturated rings. The van der Waals surface area contributed by atoms with Gasteiger partial charge in [-0.1, -0.05) is 0 Å². The zero-order valence-corrected chi connectivity index (χ0v) is 19.1. The molecule has 1 saturated heterocycles. The number of piperidine rings is 1. The summed E-state index contributed by atoms with van der Waals surface area (Å²) in [4.78, 5) is 2.09. The third kappa shape index (κ3) is 19.6. The Labute approximate surface area is 182 Å². The van der Waals surface area contributed by atoms with Crippen molar-refractivity contribution < 1.29 is 33.2 Å². The number of hydrogen-bond acceptors (Lipinski definition) is 9. The van der Waals surface area contributed by atoms with E-state index >= 15 is 0 Å². The van der Waals surface area contributed by atoms with Gasteiger partial charge in [-0.2, -0.15) is 0 Å². The number of rotatable bonds is 22. The molecule has 0 aliphatic carbocycles. The van der Waals surface area contributed by atoms with Crippen LogP contribution >= 0.6 is 0 Å². The second-order valence-corrected chi connectivity index (χ2v) is 7.30. The highest BCUT2D eigenvalue weighted by Crippen LogP contribution is 2.06. The fraction of sp³-hybridized carbons (Fsp3) is 1.00. The van der Waals surface area contributed by atoms with Crippen LogP contribution in [-0.4, -0.2) is 131 Å². The Morgan fingerprint density at radius 1 is 0.567 bits per heavy atom. The summed E-state index contributed by atoms with van der Waals surface area (Å²) in [5, 5.41) is 3.33. The molecule has 0 saturated carbocycles. The van der Waals surface area contributed by atoms with Gasteiger partial charge in [0, 0.05) is 6.54 Å². The van der Waals surface area contributed by atoms with E-state index in [0.29, 0.717) is 85.4 Å². The van der Waals surface area contributed by atoms with Crippen molar-refractivity contribution in [2.45, 2.75) is 18.9 Å². The van der Waals surface area contributed by atoms with Crippen LogP contribution in [0.1, 0.15) is 12.8 Å². The van der Waals surface area contributed by atoms with Gasteiger partial charge in [0.1, 0.15) is 0 Å². The number of nitrogens with one attached hydrogen (secondary N) is 1. The van der Waals surface area contributed by atoms with Crippen LogP contribution in [0, 0.1) is 0 Å². The van der Waals surface area contributed by atoms with Gasteiger partial charge in [-0.15, -0.1) is 0 Å². The van der Waals surface area contributed by atoms with Crippen molar-refractivity contribution in [1.82, 2.24) is 10.2 Å². The van der Waals surface area contributed by atoms with Crippen molar-refractivity contribution in [1.29, 1.82) is 0 Å². The molecular formula is C21H44N2O7. The lowest BCUT2D eigenvalue weighted by molar-refractivity contribution is -0.0307. The van der Waals surface area contributed by atoms with Crippen LogP contribution in [-0.2, 0) is 33.2 Å². The van der Waals surface area contributed by atoms with Crippen LogP contribution in [0.15, 0.2) is 0 Å². The van der Waals surface area contributed by atoms with Crippen LogP contribution < -0.4 is 5.32 Å². The van der Waals surface area contributed by atoms with Gasteiger partial charge < -0.3 is 43.4 Å². The molecule has 0 aromatic heterocycles. The molecule has 0 amide bonds. The van der Waals surface area contributed by atoms with Gasteiger partial charge in [0.25, 0.3) is 0 Å². The Morgan fingerprint density at radius 2 is 0.933 bits per heavy atom.